The summed E-state index contributed by atoms with van der Waals surface area (Å²) in [4.78, 5) is 8.91. The number of benzene rings is 2. The molecule has 0 aliphatic carbocycles. The van der Waals surface area contributed by atoms with Crippen molar-refractivity contribution in [1.29, 1.82) is 0 Å². The molecule has 2 heterocycles. The van der Waals surface area contributed by atoms with E-state index in [1.54, 1.807) is 0 Å². The van der Waals surface area contributed by atoms with Gasteiger partial charge in [0.2, 0.25) is 0 Å². The zero-order chi connectivity index (χ0) is 17.1. The molecule has 2 aromatic carbocycles. The van der Waals surface area contributed by atoms with Crippen molar-refractivity contribution in [3.63, 3.8) is 0 Å². The monoisotopic (exact) mass is 328 g/mol. The quantitative estimate of drug-likeness (QED) is 0.590. The lowest BCUT2D eigenvalue weighted by Gasteiger charge is -2.08. The number of fused-ring (bicyclic) bond motifs is 1. The summed E-state index contributed by atoms with van der Waals surface area (Å²) in [5.74, 6) is 0.911. The Morgan fingerprint density at radius 1 is 0.880 bits per heavy atom. The summed E-state index contributed by atoms with van der Waals surface area (Å²) in [5.41, 5.74) is 5.73. The van der Waals surface area contributed by atoms with Crippen LogP contribution in [0, 0.1) is 6.92 Å². The number of rotatable bonds is 5. The summed E-state index contributed by atoms with van der Waals surface area (Å²) in [6.45, 7) is 3.60. The number of hydrogen-bond donors (Lipinski definition) is 1. The Kier molecular flexibility index (Phi) is 4.17. The smallest absolute Gasteiger partial charge is 0.126 e. The van der Waals surface area contributed by atoms with Crippen LogP contribution in [-0.2, 0) is 13.1 Å². The van der Waals surface area contributed by atoms with E-state index >= 15 is 0 Å². The van der Waals surface area contributed by atoms with Crippen molar-refractivity contribution < 1.29 is 0 Å². The molecule has 0 aliphatic rings. The topological polar surface area (TPSA) is 42.7 Å². The third kappa shape index (κ3) is 3.53. The van der Waals surface area contributed by atoms with Gasteiger partial charge in [-0.1, -0.05) is 42.5 Å². The maximum atomic E-state index is 4.46. The van der Waals surface area contributed by atoms with E-state index in [1.165, 1.54) is 16.6 Å². The molecule has 0 amide bonds. The van der Waals surface area contributed by atoms with Crippen LogP contribution < -0.4 is 5.32 Å². The number of hydrogen-bond acceptors (Lipinski definition) is 3. The van der Waals surface area contributed by atoms with E-state index < -0.39 is 0 Å². The van der Waals surface area contributed by atoms with Gasteiger partial charge < -0.3 is 9.88 Å². The third-order valence-electron chi connectivity index (χ3n) is 4.27. The van der Waals surface area contributed by atoms with Crippen LogP contribution in [0.15, 0.2) is 73.1 Å². The zero-order valence-corrected chi connectivity index (χ0v) is 14.2. The largest absolute Gasteiger partial charge is 0.366 e. The molecular weight excluding hydrogens is 308 g/mol. The van der Waals surface area contributed by atoms with Crippen molar-refractivity contribution in [3.8, 4) is 0 Å². The van der Waals surface area contributed by atoms with Crippen molar-refractivity contribution in [1.82, 2.24) is 14.5 Å². The van der Waals surface area contributed by atoms with Crippen LogP contribution in [-0.4, -0.2) is 14.5 Å². The Morgan fingerprint density at radius 3 is 2.52 bits per heavy atom. The molecule has 0 unspecified atom stereocenters. The molecule has 0 fully saturated rings. The summed E-state index contributed by atoms with van der Waals surface area (Å²) >= 11 is 0. The van der Waals surface area contributed by atoms with Gasteiger partial charge >= 0.3 is 0 Å². The number of anilines is 1. The Labute approximate surface area is 147 Å². The van der Waals surface area contributed by atoms with E-state index in [4.69, 9.17) is 0 Å². The lowest BCUT2D eigenvalue weighted by molar-refractivity contribution is 0.824. The Morgan fingerprint density at radius 2 is 1.68 bits per heavy atom. The second kappa shape index (κ2) is 6.77. The lowest BCUT2D eigenvalue weighted by atomic mass is 10.1. The molecule has 4 rings (SSSR count). The highest BCUT2D eigenvalue weighted by Gasteiger charge is 2.03. The number of pyridine rings is 1. The van der Waals surface area contributed by atoms with E-state index in [0.717, 1.165) is 30.1 Å². The van der Waals surface area contributed by atoms with Gasteiger partial charge in [0.15, 0.2) is 0 Å². The first-order valence-electron chi connectivity index (χ1n) is 8.43. The highest BCUT2D eigenvalue weighted by atomic mass is 15.0. The summed E-state index contributed by atoms with van der Waals surface area (Å²) in [6.07, 6.45) is 1.91. The van der Waals surface area contributed by atoms with Crippen LogP contribution in [0.3, 0.4) is 0 Å². The van der Waals surface area contributed by atoms with Crippen molar-refractivity contribution in [3.05, 3.63) is 89.9 Å². The van der Waals surface area contributed by atoms with Crippen LogP contribution in [0.25, 0.3) is 11.0 Å². The first-order valence-corrected chi connectivity index (χ1v) is 8.43. The molecule has 0 spiro atoms. The van der Waals surface area contributed by atoms with Gasteiger partial charge in [0.1, 0.15) is 5.82 Å². The van der Waals surface area contributed by atoms with Gasteiger partial charge in [-0.2, -0.15) is 0 Å². The van der Waals surface area contributed by atoms with E-state index in [9.17, 15) is 0 Å². The van der Waals surface area contributed by atoms with Crippen molar-refractivity contribution in [2.75, 3.05) is 5.32 Å². The standard InChI is InChI=1S/C21H20N4/c1-16-5-4-8-21(24-16)22-13-17-9-11-18(12-10-17)14-25-15-23-19-6-2-3-7-20(19)25/h2-12,15H,13-14H2,1H3,(H,22,24). The SMILES string of the molecule is Cc1cccc(NCc2ccc(Cn3cnc4ccccc43)cc2)n1. The fourth-order valence-electron chi connectivity index (χ4n) is 2.93. The first kappa shape index (κ1) is 15.4. The highest BCUT2D eigenvalue weighted by Crippen LogP contribution is 2.15. The second-order valence-corrected chi connectivity index (χ2v) is 6.20. The number of aryl methyl sites for hydroxylation is 1. The molecule has 0 atom stereocenters. The van der Waals surface area contributed by atoms with E-state index in [2.05, 4.69) is 56.3 Å². The average Bonchev–Trinajstić information content (AvgIpc) is 3.04. The van der Waals surface area contributed by atoms with Gasteiger partial charge in [0.05, 0.1) is 17.4 Å². The predicted octanol–water partition coefficient (Wildman–Crippen LogP) is 4.40. The highest BCUT2D eigenvalue weighted by molar-refractivity contribution is 5.75. The molecular formula is C21H20N4. The molecule has 4 aromatic rings. The molecule has 4 nitrogen and oxygen atoms in total. The van der Waals surface area contributed by atoms with Gasteiger partial charge in [0, 0.05) is 18.8 Å². The summed E-state index contributed by atoms with van der Waals surface area (Å²) in [7, 11) is 0. The number of nitrogens with zero attached hydrogens (tertiary/aromatic N) is 3. The molecule has 2 aromatic heterocycles. The fourth-order valence-corrected chi connectivity index (χ4v) is 2.93. The predicted molar refractivity (Wildman–Crippen MR) is 102 cm³/mol. The Balaban J connectivity index is 1.43. The van der Waals surface area contributed by atoms with Crippen molar-refractivity contribution in [2.45, 2.75) is 20.0 Å². The number of imidazole rings is 1. The summed E-state index contributed by atoms with van der Waals surface area (Å²) in [6, 6.07) is 22.9. The fraction of sp³-hybridized carbons (Fsp3) is 0.143. The molecule has 1 N–H and O–H groups in total. The third-order valence-corrected chi connectivity index (χ3v) is 4.27. The van der Waals surface area contributed by atoms with Gasteiger partial charge in [-0.05, 0) is 42.3 Å². The molecule has 25 heavy (non-hydrogen) atoms. The molecule has 0 saturated heterocycles. The van der Waals surface area contributed by atoms with Crippen LogP contribution >= 0.6 is 0 Å². The lowest BCUT2D eigenvalue weighted by Crippen LogP contribution is -2.02. The number of aromatic nitrogens is 3. The molecule has 124 valence electrons. The maximum absolute atomic E-state index is 4.46. The maximum Gasteiger partial charge on any atom is 0.126 e. The molecule has 0 aliphatic heterocycles. The van der Waals surface area contributed by atoms with E-state index in [0.29, 0.717) is 0 Å². The molecule has 0 bridgehead atoms. The Bertz CT molecular complexity index is 986. The van der Waals surface area contributed by atoms with Crippen LogP contribution in [0.2, 0.25) is 0 Å². The van der Waals surface area contributed by atoms with Gasteiger partial charge in [-0.3, -0.25) is 0 Å². The van der Waals surface area contributed by atoms with Gasteiger partial charge in [-0.15, -0.1) is 0 Å². The summed E-state index contributed by atoms with van der Waals surface area (Å²) < 4.78 is 2.18. The minimum atomic E-state index is 0.769. The van der Waals surface area contributed by atoms with Crippen LogP contribution in [0.1, 0.15) is 16.8 Å². The first-order chi connectivity index (χ1) is 12.3. The van der Waals surface area contributed by atoms with Crippen molar-refractivity contribution >= 4 is 16.9 Å². The number of para-hydroxylation sites is 2. The zero-order valence-electron chi connectivity index (χ0n) is 14.2. The average molecular weight is 328 g/mol. The Hall–Kier alpha value is -3.14. The van der Waals surface area contributed by atoms with Crippen LogP contribution in [0.4, 0.5) is 5.82 Å². The van der Waals surface area contributed by atoms with Crippen LogP contribution in [0.5, 0.6) is 0 Å². The second-order valence-electron chi connectivity index (χ2n) is 6.20. The normalized spacial score (nSPS) is 10.9. The van der Waals surface area contributed by atoms with Crippen molar-refractivity contribution in [2.24, 2.45) is 0 Å². The molecule has 0 saturated carbocycles. The molecule has 4 heteroatoms. The van der Waals surface area contributed by atoms with Gasteiger partial charge in [0.25, 0.3) is 0 Å². The number of nitrogens with one attached hydrogen (secondary N) is 1. The summed E-state index contributed by atoms with van der Waals surface area (Å²) in [5, 5.41) is 3.36. The van der Waals surface area contributed by atoms with E-state index in [1.807, 2.05) is 43.6 Å². The van der Waals surface area contributed by atoms with Gasteiger partial charge in [-0.25, -0.2) is 9.97 Å². The van der Waals surface area contributed by atoms with E-state index in [-0.39, 0.29) is 0 Å². The minimum Gasteiger partial charge on any atom is -0.366 e. The minimum absolute atomic E-state index is 0.769. The molecule has 0 radical (unpaired) electrons.